The fraction of sp³-hybridized carbons (Fsp3) is 0.571. The quantitative estimate of drug-likeness (QED) is 0.451. The molecule has 3 aromatic heterocycles. The lowest BCUT2D eigenvalue weighted by molar-refractivity contribution is 0.0899. The maximum atomic E-state index is 12.4. The van der Waals surface area contributed by atoms with Crippen LogP contribution in [0.5, 0.6) is 0 Å². The molecule has 0 unspecified atom stereocenters. The number of hydrogen-bond donors (Lipinski definition) is 0. The molecule has 4 rings (SSSR count). The van der Waals surface area contributed by atoms with Crippen LogP contribution in [-0.4, -0.2) is 33.8 Å². The van der Waals surface area contributed by atoms with E-state index in [4.69, 9.17) is 4.74 Å². The van der Waals surface area contributed by atoms with Crippen molar-refractivity contribution in [2.24, 2.45) is 0 Å². The van der Waals surface area contributed by atoms with Gasteiger partial charge in [-0.2, -0.15) is 4.98 Å². The Morgan fingerprint density at radius 3 is 2.68 bits per heavy atom. The Balaban J connectivity index is 1.70. The van der Waals surface area contributed by atoms with Gasteiger partial charge in [-0.05, 0) is 25.0 Å². The first kappa shape index (κ1) is 19.3. The molecule has 0 N–H and O–H groups in total. The van der Waals surface area contributed by atoms with E-state index in [9.17, 15) is 4.79 Å². The first-order valence-electron chi connectivity index (χ1n) is 10.4. The van der Waals surface area contributed by atoms with Gasteiger partial charge in [-0.15, -0.1) is 0 Å². The van der Waals surface area contributed by atoms with Crippen LogP contribution in [0.25, 0.3) is 21.9 Å². The molecular weight excluding hydrogens is 368 g/mol. The average Bonchev–Trinajstić information content (AvgIpc) is 3.09. The standard InChI is InChI=1S/C21H30N4O2Si/c1-28(2,3)12-11-27-15-24-10-9-17-19-18(13-22-20(17)24)21(26)23-14-25(19)16-7-5-4-6-8-16/h9-10,13-14,16H,4-8,11-12,15H2,1-3H3. The molecule has 0 aliphatic heterocycles. The SMILES string of the molecule is C[Si](C)(C)CCOCn1ccc2c1ncc1c(=O)ncn(C3CCCCC3)c12. The van der Waals surface area contributed by atoms with Gasteiger partial charge in [0.05, 0.1) is 17.2 Å². The third-order valence-corrected chi connectivity index (χ3v) is 7.45. The summed E-state index contributed by atoms with van der Waals surface area (Å²) in [6, 6.07) is 3.62. The number of rotatable bonds is 6. The van der Waals surface area contributed by atoms with Gasteiger partial charge in [-0.25, -0.2) is 4.98 Å². The van der Waals surface area contributed by atoms with E-state index in [-0.39, 0.29) is 5.56 Å². The molecule has 0 aromatic carbocycles. The van der Waals surface area contributed by atoms with Gasteiger partial charge in [0.15, 0.2) is 0 Å². The molecular formula is C21H30N4O2Si. The summed E-state index contributed by atoms with van der Waals surface area (Å²) < 4.78 is 10.2. The largest absolute Gasteiger partial charge is 0.361 e. The summed E-state index contributed by atoms with van der Waals surface area (Å²) in [4.78, 5) is 21.1. The van der Waals surface area contributed by atoms with Crippen molar-refractivity contribution >= 4 is 30.0 Å². The molecule has 7 heteroatoms. The lowest BCUT2D eigenvalue weighted by Gasteiger charge is -2.25. The molecule has 0 amide bonds. The van der Waals surface area contributed by atoms with Crippen molar-refractivity contribution in [3.05, 3.63) is 35.1 Å². The highest BCUT2D eigenvalue weighted by molar-refractivity contribution is 6.76. The van der Waals surface area contributed by atoms with E-state index in [1.54, 1.807) is 12.5 Å². The normalized spacial score (nSPS) is 16.2. The van der Waals surface area contributed by atoms with Crippen LogP contribution in [0, 0.1) is 0 Å². The van der Waals surface area contributed by atoms with Gasteiger partial charge in [0, 0.05) is 38.5 Å². The predicted octanol–water partition coefficient (Wildman–Crippen LogP) is 4.56. The molecule has 28 heavy (non-hydrogen) atoms. The van der Waals surface area contributed by atoms with Gasteiger partial charge < -0.3 is 13.9 Å². The van der Waals surface area contributed by atoms with E-state index >= 15 is 0 Å². The highest BCUT2D eigenvalue weighted by atomic mass is 28.3. The minimum absolute atomic E-state index is 0.199. The molecule has 1 saturated carbocycles. The van der Waals surface area contributed by atoms with Crippen LogP contribution in [0.3, 0.4) is 0 Å². The Hall–Kier alpha value is -1.99. The van der Waals surface area contributed by atoms with Crippen molar-refractivity contribution < 1.29 is 4.74 Å². The predicted molar refractivity (Wildman–Crippen MR) is 116 cm³/mol. The molecule has 3 heterocycles. The lowest BCUT2D eigenvalue weighted by Crippen LogP contribution is -2.22. The second-order valence-electron chi connectivity index (χ2n) is 9.14. The van der Waals surface area contributed by atoms with Crippen molar-refractivity contribution in [2.45, 2.75) is 70.6 Å². The van der Waals surface area contributed by atoms with Crippen LogP contribution < -0.4 is 5.56 Å². The summed E-state index contributed by atoms with van der Waals surface area (Å²) in [7, 11) is -1.10. The summed E-state index contributed by atoms with van der Waals surface area (Å²) in [5, 5.41) is 1.62. The molecule has 0 bridgehead atoms. The molecule has 0 radical (unpaired) electrons. The zero-order valence-electron chi connectivity index (χ0n) is 17.1. The molecule has 150 valence electrons. The van der Waals surface area contributed by atoms with Gasteiger partial charge in [0.1, 0.15) is 12.4 Å². The van der Waals surface area contributed by atoms with E-state index in [2.05, 4.69) is 40.2 Å². The van der Waals surface area contributed by atoms with Crippen LogP contribution >= 0.6 is 0 Å². The Kier molecular flexibility index (Phi) is 5.38. The fourth-order valence-electron chi connectivity index (χ4n) is 4.08. The van der Waals surface area contributed by atoms with Crippen LogP contribution in [0.2, 0.25) is 25.7 Å². The Morgan fingerprint density at radius 2 is 1.93 bits per heavy atom. The van der Waals surface area contributed by atoms with Crippen LogP contribution in [0.4, 0.5) is 0 Å². The second kappa shape index (κ2) is 7.79. The Labute approximate surface area is 166 Å². The van der Waals surface area contributed by atoms with E-state index in [1.807, 2.05) is 10.8 Å². The minimum atomic E-state index is -1.10. The van der Waals surface area contributed by atoms with E-state index in [1.165, 1.54) is 19.3 Å². The molecule has 3 aromatic rings. The maximum Gasteiger partial charge on any atom is 0.282 e. The molecule has 0 saturated heterocycles. The summed E-state index contributed by atoms with van der Waals surface area (Å²) in [6.07, 6.45) is 11.5. The maximum absolute atomic E-state index is 12.4. The molecule has 1 fully saturated rings. The van der Waals surface area contributed by atoms with Gasteiger partial charge in [-0.3, -0.25) is 4.79 Å². The monoisotopic (exact) mass is 398 g/mol. The van der Waals surface area contributed by atoms with Crippen molar-refractivity contribution in [1.82, 2.24) is 19.1 Å². The van der Waals surface area contributed by atoms with E-state index in [0.717, 1.165) is 42.0 Å². The highest BCUT2D eigenvalue weighted by Gasteiger charge is 2.20. The van der Waals surface area contributed by atoms with Crippen LogP contribution in [0.15, 0.2) is 29.6 Å². The first-order chi connectivity index (χ1) is 13.4. The van der Waals surface area contributed by atoms with E-state index < -0.39 is 8.07 Å². The molecule has 0 atom stereocenters. The molecule has 1 aliphatic carbocycles. The number of aromatic nitrogens is 4. The molecule has 1 aliphatic rings. The Morgan fingerprint density at radius 1 is 1.14 bits per heavy atom. The summed E-state index contributed by atoms with van der Waals surface area (Å²) in [6.45, 7) is 8.33. The third-order valence-electron chi connectivity index (χ3n) is 5.74. The first-order valence-corrected chi connectivity index (χ1v) is 14.1. The van der Waals surface area contributed by atoms with Gasteiger partial charge in [0.2, 0.25) is 0 Å². The number of pyridine rings is 1. The Bertz CT molecular complexity index is 1030. The summed E-state index contributed by atoms with van der Waals surface area (Å²) in [5.74, 6) is 0. The second-order valence-corrected chi connectivity index (χ2v) is 14.8. The zero-order valence-corrected chi connectivity index (χ0v) is 18.1. The molecule has 0 spiro atoms. The molecule has 6 nitrogen and oxygen atoms in total. The number of ether oxygens (including phenoxy) is 1. The van der Waals surface area contributed by atoms with Crippen LogP contribution in [0.1, 0.15) is 38.1 Å². The van der Waals surface area contributed by atoms with Gasteiger partial charge >= 0.3 is 0 Å². The van der Waals surface area contributed by atoms with Gasteiger partial charge in [0.25, 0.3) is 5.56 Å². The van der Waals surface area contributed by atoms with Crippen molar-refractivity contribution in [3.63, 3.8) is 0 Å². The van der Waals surface area contributed by atoms with Crippen LogP contribution in [-0.2, 0) is 11.5 Å². The highest BCUT2D eigenvalue weighted by Crippen LogP contribution is 2.32. The number of nitrogens with zero attached hydrogens (tertiary/aromatic N) is 4. The van der Waals surface area contributed by atoms with E-state index in [0.29, 0.717) is 18.2 Å². The average molecular weight is 399 g/mol. The smallest absolute Gasteiger partial charge is 0.282 e. The lowest BCUT2D eigenvalue weighted by atomic mass is 9.95. The van der Waals surface area contributed by atoms with Crippen molar-refractivity contribution in [2.75, 3.05) is 6.61 Å². The topological polar surface area (TPSA) is 61.9 Å². The fourth-order valence-corrected chi connectivity index (χ4v) is 4.84. The van der Waals surface area contributed by atoms with Crippen molar-refractivity contribution in [3.8, 4) is 0 Å². The summed E-state index contributed by atoms with van der Waals surface area (Å²) in [5.41, 5.74) is 1.64. The number of fused-ring (bicyclic) bond motifs is 3. The minimum Gasteiger partial charge on any atom is -0.361 e. The van der Waals surface area contributed by atoms with Crippen molar-refractivity contribution in [1.29, 1.82) is 0 Å². The number of hydrogen-bond acceptors (Lipinski definition) is 4. The van der Waals surface area contributed by atoms with Gasteiger partial charge in [-0.1, -0.05) is 38.9 Å². The third kappa shape index (κ3) is 3.91. The summed E-state index contributed by atoms with van der Waals surface area (Å²) >= 11 is 0. The zero-order chi connectivity index (χ0) is 19.7.